The average Bonchev–Trinajstić information content (AvgIpc) is 3.02. The second-order valence-electron chi connectivity index (χ2n) is 5.37. The Kier molecular flexibility index (Phi) is 3.96. The molecule has 1 saturated heterocycles. The fourth-order valence-electron chi connectivity index (χ4n) is 2.85. The molecule has 0 radical (unpaired) electrons. The summed E-state index contributed by atoms with van der Waals surface area (Å²) >= 11 is 6.08. The summed E-state index contributed by atoms with van der Waals surface area (Å²) in [7, 11) is 2.05. The van der Waals surface area contributed by atoms with Gasteiger partial charge in [0.25, 0.3) is 0 Å². The van der Waals surface area contributed by atoms with Gasteiger partial charge in [0.1, 0.15) is 5.82 Å². The van der Waals surface area contributed by atoms with Crippen LogP contribution in [-0.2, 0) is 11.8 Å². The van der Waals surface area contributed by atoms with Crippen molar-refractivity contribution in [3.63, 3.8) is 0 Å². The highest BCUT2D eigenvalue weighted by atomic mass is 35.5. The molecule has 1 aromatic carbocycles. The van der Waals surface area contributed by atoms with Crippen molar-refractivity contribution in [2.75, 3.05) is 19.8 Å². The molecule has 0 bridgehead atoms. The fraction of sp³-hybridized carbons (Fsp3) is 0.533. The quantitative estimate of drug-likeness (QED) is 0.942. The van der Waals surface area contributed by atoms with E-state index in [4.69, 9.17) is 21.3 Å². The van der Waals surface area contributed by atoms with Crippen LogP contribution in [-0.4, -0.2) is 35.4 Å². The fourth-order valence-corrected chi connectivity index (χ4v) is 3.02. The lowest BCUT2D eigenvalue weighted by Gasteiger charge is -2.18. The maximum Gasteiger partial charge on any atom is 0.116 e. The number of nitrogens with zero attached hydrogens (tertiary/aromatic N) is 2. The van der Waals surface area contributed by atoms with Gasteiger partial charge in [-0.15, -0.1) is 0 Å². The Morgan fingerprint density at radius 3 is 3.10 bits per heavy atom. The van der Waals surface area contributed by atoms with Crippen molar-refractivity contribution < 1.29 is 4.74 Å². The first-order valence-electron chi connectivity index (χ1n) is 7.13. The van der Waals surface area contributed by atoms with E-state index in [9.17, 15) is 0 Å². The zero-order valence-corrected chi connectivity index (χ0v) is 12.7. The summed E-state index contributed by atoms with van der Waals surface area (Å²) in [5, 5.41) is 4.30. The molecule has 2 aromatic rings. The predicted octanol–water partition coefficient (Wildman–Crippen LogP) is 2.71. The zero-order valence-electron chi connectivity index (χ0n) is 11.9. The molecule has 1 N–H and O–H groups in total. The summed E-state index contributed by atoms with van der Waals surface area (Å²) in [5.74, 6) is 1.38. The molecule has 0 aliphatic carbocycles. The topological polar surface area (TPSA) is 39.1 Å². The maximum atomic E-state index is 6.08. The minimum absolute atomic E-state index is 0.303. The number of imidazole rings is 1. The molecule has 2 heterocycles. The van der Waals surface area contributed by atoms with Gasteiger partial charge in [0.05, 0.1) is 30.2 Å². The third kappa shape index (κ3) is 2.43. The summed E-state index contributed by atoms with van der Waals surface area (Å²) in [6.45, 7) is 4.68. The van der Waals surface area contributed by atoms with Crippen molar-refractivity contribution in [2.45, 2.75) is 25.3 Å². The summed E-state index contributed by atoms with van der Waals surface area (Å²) < 4.78 is 7.79. The van der Waals surface area contributed by atoms with Crippen LogP contribution in [0.4, 0.5) is 0 Å². The molecule has 1 aliphatic heterocycles. The van der Waals surface area contributed by atoms with Crippen molar-refractivity contribution in [2.24, 2.45) is 7.05 Å². The summed E-state index contributed by atoms with van der Waals surface area (Å²) in [5.41, 5.74) is 2.07. The normalized spacial score (nSPS) is 22.8. The molecule has 1 fully saturated rings. The number of rotatable bonds is 4. The third-order valence-corrected chi connectivity index (χ3v) is 4.18. The number of hydrogen-bond acceptors (Lipinski definition) is 3. The van der Waals surface area contributed by atoms with Gasteiger partial charge in [-0.2, -0.15) is 0 Å². The van der Waals surface area contributed by atoms with Crippen LogP contribution < -0.4 is 5.32 Å². The Balaban J connectivity index is 1.94. The molecule has 0 spiro atoms. The summed E-state index contributed by atoms with van der Waals surface area (Å²) in [4.78, 5) is 4.78. The Morgan fingerprint density at radius 2 is 2.30 bits per heavy atom. The number of halogens is 1. The van der Waals surface area contributed by atoms with E-state index >= 15 is 0 Å². The van der Waals surface area contributed by atoms with Gasteiger partial charge in [-0.1, -0.05) is 18.5 Å². The van der Waals surface area contributed by atoms with E-state index in [2.05, 4.69) is 23.9 Å². The number of aromatic nitrogens is 2. The Bertz CT molecular complexity index is 610. The lowest BCUT2D eigenvalue weighted by Crippen LogP contribution is -2.35. The molecule has 3 rings (SSSR count). The third-order valence-electron chi connectivity index (χ3n) is 3.95. The number of benzene rings is 1. The molecule has 1 aliphatic rings. The number of nitrogens with one attached hydrogen (secondary N) is 1. The van der Waals surface area contributed by atoms with Gasteiger partial charge in [-0.3, -0.25) is 0 Å². The van der Waals surface area contributed by atoms with Crippen LogP contribution in [0.3, 0.4) is 0 Å². The largest absolute Gasteiger partial charge is 0.379 e. The van der Waals surface area contributed by atoms with E-state index in [-0.39, 0.29) is 0 Å². The molecule has 20 heavy (non-hydrogen) atoms. The van der Waals surface area contributed by atoms with Gasteiger partial charge >= 0.3 is 0 Å². The van der Waals surface area contributed by atoms with Crippen LogP contribution in [0.5, 0.6) is 0 Å². The standard InChI is InChI=1S/C15H20ClN3O/c1-3-6-17-13-9-20-8-11(13)15-18-12-5-4-10(16)7-14(12)19(15)2/h4-5,7,11,13,17H,3,6,8-9H2,1-2H3. The summed E-state index contributed by atoms with van der Waals surface area (Å²) in [6, 6.07) is 6.18. The minimum atomic E-state index is 0.303. The first-order chi connectivity index (χ1) is 9.70. The average molecular weight is 294 g/mol. The van der Waals surface area contributed by atoms with Crippen LogP contribution in [0.1, 0.15) is 25.1 Å². The highest BCUT2D eigenvalue weighted by Crippen LogP contribution is 2.28. The molecule has 5 heteroatoms. The minimum Gasteiger partial charge on any atom is -0.379 e. The molecule has 0 amide bonds. The molecule has 108 valence electrons. The van der Waals surface area contributed by atoms with Crippen LogP contribution in [0.15, 0.2) is 18.2 Å². The smallest absolute Gasteiger partial charge is 0.116 e. The second kappa shape index (κ2) is 5.72. The van der Waals surface area contributed by atoms with Crippen molar-refractivity contribution in [3.05, 3.63) is 29.0 Å². The monoisotopic (exact) mass is 293 g/mol. The van der Waals surface area contributed by atoms with Gasteiger partial charge < -0.3 is 14.6 Å². The molecule has 2 unspecified atom stereocenters. The van der Waals surface area contributed by atoms with Crippen LogP contribution in [0.25, 0.3) is 11.0 Å². The summed E-state index contributed by atoms with van der Waals surface area (Å²) in [6.07, 6.45) is 1.13. The van der Waals surface area contributed by atoms with Crippen molar-refractivity contribution in [1.82, 2.24) is 14.9 Å². The van der Waals surface area contributed by atoms with E-state index < -0.39 is 0 Å². The molecule has 4 nitrogen and oxygen atoms in total. The second-order valence-corrected chi connectivity index (χ2v) is 5.80. The number of aryl methyl sites for hydroxylation is 1. The molecule has 1 aromatic heterocycles. The molecule has 2 atom stereocenters. The van der Waals surface area contributed by atoms with Crippen LogP contribution in [0.2, 0.25) is 5.02 Å². The lowest BCUT2D eigenvalue weighted by atomic mass is 10.0. The van der Waals surface area contributed by atoms with Gasteiger partial charge in [0.2, 0.25) is 0 Å². The van der Waals surface area contributed by atoms with Gasteiger partial charge in [0, 0.05) is 18.1 Å². The number of ether oxygens (including phenoxy) is 1. The van der Waals surface area contributed by atoms with Gasteiger partial charge in [0.15, 0.2) is 0 Å². The van der Waals surface area contributed by atoms with Crippen LogP contribution in [0, 0.1) is 0 Å². The van der Waals surface area contributed by atoms with E-state index in [0.29, 0.717) is 12.0 Å². The highest BCUT2D eigenvalue weighted by Gasteiger charge is 2.32. The SMILES string of the molecule is CCCNC1COCC1c1nc2ccc(Cl)cc2n1C. The first kappa shape index (κ1) is 13.9. The Labute approximate surface area is 124 Å². The Morgan fingerprint density at radius 1 is 1.45 bits per heavy atom. The maximum absolute atomic E-state index is 6.08. The van der Waals surface area contributed by atoms with E-state index in [1.165, 1.54) is 0 Å². The lowest BCUT2D eigenvalue weighted by molar-refractivity contribution is 0.187. The predicted molar refractivity (Wildman–Crippen MR) is 81.4 cm³/mol. The van der Waals surface area contributed by atoms with Crippen LogP contribution >= 0.6 is 11.6 Å². The van der Waals surface area contributed by atoms with Crippen molar-refractivity contribution >= 4 is 22.6 Å². The molecular formula is C15H20ClN3O. The van der Waals surface area contributed by atoms with E-state index in [1.807, 2.05) is 18.2 Å². The number of fused-ring (bicyclic) bond motifs is 1. The Hall–Kier alpha value is -1.10. The zero-order chi connectivity index (χ0) is 14.1. The van der Waals surface area contributed by atoms with Crippen molar-refractivity contribution in [1.29, 1.82) is 0 Å². The van der Waals surface area contributed by atoms with E-state index in [0.717, 1.165) is 48.1 Å². The van der Waals surface area contributed by atoms with E-state index in [1.54, 1.807) is 0 Å². The van der Waals surface area contributed by atoms with Gasteiger partial charge in [-0.25, -0.2) is 4.98 Å². The number of hydrogen-bond donors (Lipinski definition) is 1. The highest BCUT2D eigenvalue weighted by molar-refractivity contribution is 6.31. The molecular weight excluding hydrogens is 274 g/mol. The molecule has 0 saturated carbocycles. The first-order valence-corrected chi connectivity index (χ1v) is 7.51. The van der Waals surface area contributed by atoms with Gasteiger partial charge in [-0.05, 0) is 31.2 Å². The van der Waals surface area contributed by atoms with Crippen molar-refractivity contribution in [3.8, 4) is 0 Å².